The molecular formula is C16H29NO3. The average molecular weight is 283 g/mol. The van der Waals surface area contributed by atoms with E-state index in [0.29, 0.717) is 12.5 Å². The van der Waals surface area contributed by atoms with Gasteiger partial charge in [-0.05, 0) is 31.1 Å². The van der Waals surface area contributed by atoms with Crippen molar-refractivity contribution >= 4 is 5.91 Å². The topological polar surface area (TPSA) is 47.6 Å². The second-order valence-corrected chi connectivity index (χ2v) is 7.18. The van der Waals surface area contributed by atoms with Crippen LogP contribution in [0.1, 0.15) is 53.4 Å². The van der Waals surface area contributed by atoms with Crippen LogP contribution in [0.15, 0.2) is 0 Å². The van der Waals surface area contributed by atoms with E-state index in [1.807, 2.05) is 0 Å². The van der Waals surface area contributed by atoms with Gasteiger partial charge in [0.2, 0.25) is 5.91 Å². The first-order valence-electron chi connectivity index (χ1n) is 7.96. The number of ether oxygens (including phenoxy) is 2. The van der Waals surface area contributed by atoms with Crippen LogP contribution in [0.3, 0.4) is 0 Å². The molecule has 2 heterocycles. The predicted octanol–water partition coefficient (Wildman–Crippen LogP) is 2.51. The van der Waals surface area contributed by atoms with Crippen molar-refractivity contribution in [3.63, 3.8) is 0 Å². The molecular weight excluding hydrogens is 254 g/mol. The molecule has 2 aliphatic heterocycles. The second-order valence-electron chi connectivity index (χ2n) is 7.18. The lowest BCUT2D eigenvalue weighted by Crippen LogP contribution is -2.42. The van der Waals surface area contributed by atoms with Crippen LogP contribution in [0.2, 0.25) is 0 Å². The molecule has 2 saturated heterocycles. The Bertz CT molecular complexity index is 337. The van der Waals surface area contributed by atoms with Gasteiger partial charge in [-0.15, -0.1) is 0 Å². The number of rotatable bonds is 4. The van der Waals surface area contributed by atoms with Crippen LogP contribution >= 0.6 is 0 Å². The van der Waals surface area contributed by atoms with E-state index in [2.05, 4.69) is 33.0 Å². The van der Waals surface area contributed by atoms with Gasteiger partial charge in [0.15, 0.2) is 0 Å². The molecule has 20 heavy (non-hydrogen) atoms. The van der Waals surface area contributed by atoms with Crippen molar-refractivity contribution in [3.8, 4) is 0 Å². The summed E-state index contributed by atoms with van der Waals surface area (Å²) in [5.41, 5.74) is 0.128. The zero-order chi connectivity index (χ0) is 14.8. The van der Waals surface area contributed by atoms with Crippen molar-refractivity contribution in [2.45, 2.75) is 71.7 Å². The first kappa shape index (κ1) is 15.8. The first-order valence-corrected chi connectivity index (χ1v) is 7.96. The van der Waals surface area contributed by atoms with Gasteiger partial charge in [-0.2, -0.15) is 0 Å². The fraction of sp³-hybridized carbons (Fsp3) is 0.938. The predicted molar refractivity (Wildman–Crippen MR) is 78.5 cm³/mol. The van der Waals surface area contributed by atoms with E-state index in [9.17, 15) is 4.79 Å². The van der Waals surface area contributed by atoms with E-state index in [1.54, 1.807) is 0 Å². The highest BCUT2D eigenvalue weighted by atomic mass is 16.5. The summed E-state index contributed by atoms with van der Waals surface area (Å²) in [6.07, 6.45) is 4.14. The average Bonchev–Trinajstić information content (AvgIpc) is 3.03. The third kappa shape index (κ3) is 3.73. The van der Waals surface area contributed by atoms with Gasteiger partial charge in [0.05, 0.1) is 12.2 Å². The summed E-state index contributed by atoms with van der Waals surface area (Å²) in [5, 5.41) is 3.07. The number of amides is 1. The molecule has 0 spiro atoms. The molecule has 1 amide bonds. The Hall–Kier alpha value is -0.610. The number of carbonyl (C=O) groups excluding carboxylic acids is 1. The lowest BCUT2D eigenvalue weighted by molar-refractivity contribution is -0.132. The highest BCUT2D eigenvalue weighted by Crippen LogP contribution is 2.34. The molecule has 4 heteroatoms. The molecule has 4 atom stereocenters. The zero-order valence-electron chi connectivity index (χ0n) is 13.3. The molecule has 0 aromatic heterocycles. The largest absolute Gasteiger partial charge is 0.377 e. The van der Waals surface area contributed by atoms with Crippen LogP contribution in [0.5, 0.6) is 0 Å². The maximum Gasteiger partial charge on any atom is 0.249 e. The minimum absolute atomic E-state index is 0.0560. The Balaban J connectivity index is 1.79. The molecule has 0 aromatic rings. The van der Waals surface area contributed by atoms with Gasteiger partial charge in [0.1, 0.15) is 6.10 Å². The highest BCUT2D eigenvalue weighted by molar-refractivity contribution is 5.81. The normalized spacial score (nSPS) is 34.4. The van der Waals surface area contributed by atoms with Crippen molar-refractivity contribution in [2.24, 2.45) is 11.3 Å². The minimum atomic E-state index is -0.240. The van der Waals surface area contributed by atoms with Crippen LogP contribution in [0.25, 0.3) is 0 Å². The van der Waals surface area contributed by atoms with Crippen molar-refractivity contribution in [3.05, 3.63) is 0 Å². The van der Waals surface area contributed by atoms with Gasteiger partial charge in [0, 0.05) is 19.1 Å². The zero-order valence-corrected chi connectivity index (χ0v) is 13.3. The van der Waals surface area contributed by atoms with Crippen LogP contribution in [-0.2, 0) is 14.3 Å². The molecule has 0 radical (unpaired) electrons. The maximum absolute atomic E-state index is 12.1. The van der Waals surface area contributed by atoms with Gasteiger partial charge in [-0.3, -0.25) is 4.79 Å². The van der Waals surface area contributed by atoms with E-state index >= 15 is 0 Å². The molecule has 0 saturated carbocycles. The van der Waals surface area contributed by atoms with Crippen molar-refractivity contribution < 1.29 is 14.3 Å². The monoisotopic (exact) mass is 283 g/mol. The van der Waals surface area contributed by atoms with Gasteiger partial charge >= 0.3 is 0 Å². The summed E-state index contributed by atoms with van der Waals surface area (Å²) < 4.78 is 11.6. The van der Waals surface area contributed by atoms with Crippen molar-refractivity contribution in [2.75, 3.05) is 13.2 Å². The quantitative estimate of drug-likeness (QED) is 0.862. The maximum atomic E-state index is 12.1. The first-order chi connectivity index (χ1) is 9.41. The molecule has 0 bridgehead atoms. The van der Waals surface area contributed by atoms with Gasteiger partial charge in [0.25, 0.3) is 0 Å². The molecule has 2 fully saturated rings. The van der Waals surface area contributed by atoms with Gasteiger partial charge < -0.3 is 14.8 Å². The smallest absolute Gasteiger partial charge is 0.249 e. The third-order valence-electron chi connectivity index (χ3n) is 4.46. The van der Waals surface area contributed by atoms with E-state index in [1.165, 1.54) is 0 Å². The molecule has 1 N–H and O–H groups in total. The number of hydrogen-bond acceptors (Lipinski definition) is 3. The third-order valence-corrected chi connectivity index (χ3v) is 4.46. The highest BCUT2D eigenvalue weighted by Gasteiger charge is 2.38. The summed E-state index contributed by atoms with van der Waals surface area (Å²) in [7, 11) is 0. The Morgan fingerprint density at radius 2 is 2.00 bits per heavy atom. The Morgan fingerprint density at radius 3 is 2.60 bits per heavy atom. The molecule has 0 aliphatic carbocycles. The minimum Gasteiger partial charge on any atom is -0.377 e. The molecule has 0 aromatic carbocycles. The lowest BCUT2D eigenvalue weighted by atomic mass is 9.81. The lowest BCUT2D eigenvalue weighted by Gasteiger charge is -2.31. The molecule has 116 valence electrons. The van der Waals surface area contributed by atoms with Gasteiger partial charge in [-0.25, -0.2) is 0 Å². The summed E-state index contributed by atoms with van der Waals surface area (Å²) in [4.78, 5) is 12.1. The van der Waals surface area contributed by atoms with Crippen LogP contribution in [0.4, 0.5) is 0 Å². The fourth-order valence-corrected chi connectivity index (χ4v) is 3.34. The fourth-order valence-electron chi connectivity index (χ4n) is 3.34. The number of nitrogens with one attached hydrogen (secondary N) is 1. The second kappa shape index (κ2) is 6.44. The van der Waals surface area contributed by atoms with E-state index in [-0.39, 0.29) is 29.6 Å². The number of carbonyl (C=O) groups is 1. The van der Waals surface area contributed by atoms with Gasteiger partial charge in [-0.1, -0.05) is 27.7 Å². The summed E-state index contributed by atoms with van der Waals surface area (Å²) in [5.74, 6) is 0.475. The standard InChI is InChI=1S/C16H29NO3/c1-5-12-6-7-13(20-12)15(18)17-10-11-8-9-19-14(11)16(2,3)4/h11-14H,5-10H2,1-4H3,(H,17,18)/t11-,12+,13-,14+/m1/s1. The molecule has 2 aliphatic rings. The summed E-state index contributed by atoms with van der Waals surface area (Å²) in [6, 6.07) is 0. The Labute approximate surface area is 122 Å². The summed E-state index contributed by atoms with van der Waals surface area (Å²) in [6.45, 7) is 10.2. The summed E-state index contributed by atoms with van der Waals surface area (Å²) >= 11 is 0. The SMILES string of the molecule is CC[C@H]1CC[C@H](C(=O)NC[C@H]2CCO[C@@H]2C(C)(C)C)O1. The van der Waals surface area contributed by atoms with Crippen molar-refractivity contribution in [1.29, 1.82) is 0 Å². The van der Waals surface area contributed by atoms with E-state index < -0.39 is 0 Å². The van der Waals surface area contributed by atoms with Crippen LogP contribution < -0.4 is 5.32 Å². The van der Waals surface area contributed by atoms with Crippen LogP contribution in [0, 0.1) is 11.3 Å². The van der Waals surface area contributed by atoms with Crippen LogP contribution in [-0.4, -0.2) is 37.4 Å². The van der Waals surface area contributed by atoms with E-state index in [0.717, 1.165) is 32.3 Å². The van der Waals surface area contributed by atoms with Crippen molar-refractivity contribution in [1.82, 2.24) is 5.32 Å². The number of hydrogen-bond donors (Lipinski definition) is 1. The van der Waals surface area contributed by atoms with E-state index in [4.69, 9.17) is 9.47 Å². The molecule has 0 unspecified atom stereocenters. The Kier molecular flexibility index (Phi) is 5.08. The molecule has 2 rings (SSSR count). The molecule has 4 nitrogen and oxygen atoms in total. The Morgan fingerprint density at radius 1 is 1.25 bits per heavy atom.